The van der Waals surface area contributed by atoms with Crippen molar-refractivity contribution in [3.8, 4) is 11.1 Å². The number of aliphatic carboxylic acids is 1. The predicted octanol–water partition coefficient (Wildman–Crippen LogP) is 3.78. The van der Waals surface area contributed by atoms with Crippen LogP contribution in [0.1, 0.15) is 25.0 Å². The molecule has 0 heterocycles. The first-order valence-electron chi connectivity index (χ1n) is 7.27. The summed E-state index contributed by atoms with van der Waals surface area (Å²) in [6.07, 6.45) is 0.917. The zero-order valence-corrected chi connectivity index (χ0v) is 12.3. The number of hydrogen-bond acceptors (Lipinski definition) is 2. The van der Waals surface area contributed by atoms with Crippen LogP contribution in [-0.2, 0) is 11.2 Å². The van der Waals surface area contributed by atoms with E-state index in [4.69, 9.17) is 0 Å². The molecule has 108 valence electrons. The average Bonchev–Trinajstić information content (AvgIpc) is 2.81. The first-order valence-corrected chi connectivity index (χ1v) is 7.27. The smallest absolute Gasteiger partial charge is 0.326 e. The summed E-state index contributed by atoms with van der Waals surface area (Å²) >= 11 is 0. The van der Waals surface area contributed by atoms with Gasteiger partial charge < -0.3 is 10.4 Å². The Hall–Kier alpha value is -2.29. The van der Waals surface area contributed by atoms with Gasteiger partial charge in [-0.3, -0.25) is 0 Å². The van der Waals surface area contributed by atoms with Gasteiger partial charge in [-0.25, -0.2) is 4.79 Å². The lowest BCUT2D eigenvalue weighted by Gasteiger charge is -2.19. The monoisotopic (exact) mass is 281 g/mol. The number of carboxylic acids is 1. The molecule has 0 aromatic heterocycles. The molecule has 1 atom stereocenters. The number of benzene rings is 2. The molecule has 0 aliphatic heterocycles. The summed E-state index contributed by atoms with van der Waals surface area (Å²) in [5.74, 6) is -0.776. The molecule has 3 nitrogen and oxygen atoms in total. The topological polar surface area (TPSA) is 49.3 Å². The van der Waals surface area contributed by atoms with Crippen molar-refractivity contribution in [1.82, 2.24) is 0 Å². The largest absolute Gasteiger partial charge is 0.480 e. The summed E-state index contributed by atoms with van der Waals surface area (Å²) in [4.78, 5) is 11.3. The Labute approximate surface area is 124 Å². The molecule has 2 aromatic carbocycles. The van der Waals surface area contributed by atoms with E-state index < -0.39 is 12.0 Å². The van der Waals surface area contributed by atoms with Crippen LogP contribution in [-0.4, -0.2) is 17.1 Å². The minimum atomic E-state index is -0.811. The Morgan fingerprint density at radius 3 is 2.52 bits per heavy atom. The highest BCUT2D eigenvalue weighted by molar-refractivity contribution is 5.81. The number of hydrogen-bond donors (Lipinski definition) is 2. The third kappa shape index (κ3) is 2.51. The number of carbonyl (C=O) groups is 1. The minimum absolute atomic E-state index is 0.0351. The highest BCUT2D eigenvalue weighted by atomic mass is 16.4. The van der Waals surface area contributed by atoms with Crippen LogP contribution in [0, 0.1) is 5.92 Å². The molecule has 2 aromatic rings. The van der Waals surface area contributed by atoms with E-state index in [0.29, 0.717) is 0 Å². The van der Waals surface area contributed by atoms with Crippen molar-refractivity contribution in [2.45, 2.75) is 26.3 Å². The van der Waals surface area contributed by atoms with Gasteiger partial charge in [0.2, 0.25) is 0 Å². The first kappa shape index (κ1) is 13.7. The molecule has 0 bridgehead atoms. The van der Waals surface area contributed by atoms with Crippen molar-refractivity contribution in [2.75, 3.05) is 5.32 Å². The molecule has 0 amide bonds. The number of rotatable bonds is 4. The van der Waals surface area contributed by atoms with Gasteiger partial charge in [0, 0.05) is 5.69 Å². The van der Waals surface area contributed by atoms with E-state index in [1.165, 1.54) is 22.3 Å². The van der Waals surface area contributed by atoms with Gasteiger partial charge in [0.25, 0.3) is 0 Å². The van der Waals surface area contributed by atoms with Crippen molar-refractivity contribution < 1.29 is 9.90 Å². The standard InChI is InChI=1S/C18H19NO2/c1-11(2)17(18(20)21)19-14-7-8-16-13(10-14)9-12-5-3-4-6-15(12)16/h3-8,10-11,17,19H,9H2,1-2H3,(H,20,21). The molecule has 2 N–H and O–H groups in total. The first-order chi connectivity index (χ1) is 10.1. The van der Waals surface area contributed by atoms with Crippen LogP contribution in [0.25, 0.3) is 11.1 Å². The van der Waals surface area contributed by atoms with E-state index >= 15 is 0 Å². The third-order valence-electron chi connectivity index (χ3n) is 4.05. The van der Waals surface area contributed by atoms with Crippen LogP contribution in [0.15, 0.2) is 42.5 Å². The second-order valence-electron chi connectivity index (χ2n) is 5.91. The average molecular weight is 281 g/mol. The fraction of sp³-hybridized carbons (Fsp3) is 0.278. The molecule has 0 spiro atoms. The van der Waals surface area contributed by atoms with Gasteiger partial charge in [-0.15, -0.1) is 0 Å². The Morgan fingerprint density at radius 2 is 1.81 bits per heavy atom. The fourth-order valence-electron chi connectivity index (χ4n) is 2.93. The summed E-state index contributed by atoms with van der Waals surface area (Å²) in [6, 6.07) is 14.0. The Morgan fingerprint density at radius 1 is 1.10 bits per heavy atom. The maximum atomic E-state index is 11.3. The zero-order chi connectivity index (χ0) is 15.0. The molecule has 21 heavy (non-hydrogen) atoms. The lowest BCUT2D eigenvalue weighted by molar-refractivity contribution is -0.138. The lowest BCUT2D eigenvalue weighted by Crippen LogP contribution is -2.34. The van der Waals surface area contributed by atoms with Gasteiger partial charge in [-0.2, -0.15) is 0 Å². The van der Waals surface area contributed by atoms with Crippen molar-refractivity contribution >= 4 is 11.7 Å². The Bertz CT molecular complexity index is 691. The second-order valence-corrected chi connectivity index (χ2v) is 5.91. The van der Waals surface area contributed by atoms with Crippen LogP contribution in [0.2, 0.25) is 0 Å². The van der Waals surface area contributed by atoms with Gasteiger partial charge in [0.05, 0.1) is 0 Å². The normalized spacial score (nSPS) is 13.7. The van der Waals surface area contributed by atoms with Crippen molar-refractivity contribution in [3.63, 3.8) is 0 Å². The van der Waals surface area contributed by atoms with Crippen molar-refractivity contribution in [3.05, 3.63) is 53.6 Å². The van der Waals surface area contributed by atoms with Crippen LogP contribution >= 0.6 is 0 Å². The molecular formula is C18H19NO2. The Kier molecular flexibility index (Phi) is 3.42. The maximum Gasteiger partial charge on any atom is 0.326 e. The van der Waals surface area contributed by atoms with E-state index in [2.05, 4.69) is 41.7 Å². The third-order valence-corrected chi connectivity index (χ3v) is 4.05. The molecule has 0 saturated carbocycles. The maximum absolute atomic E-state index is 11.3. The molecular weight excluding hydrogens is 262 g/mol. The molecule has 0 saturated heterocycles. The van der Waals surface area contributed by atoms with E-state index in [1.54, 1.807) is 0 Å². The fourth-order valence-corrected chi connectivity index (χ4v) is 2.93. The highest BCUT2D eigenvalue weighted by Crippen LogP contribution is 2.37. The number of fused-ring (bicyclic) bond motifs is 3. The quantitative estimate of drug-likeness (QED) is 0.765. The number of anilines is 1. The molecule has 3 heteroatoms. The summed E-state index contributed by atoms with van der Waals surface area (Å²) in [5.41, 5.74) is 6.02. The van der Waals surface area contributed by atoms with Gasteiger partial charge in [-0.05, 0) is 46.7 Å². The van der Waals surface area contributed by atoms with Crippen LogP contribution in [0.5, 0.6) is 0 Å². The molecule has 3 rings (SSSR count). The molecule has 1 aliphatic rings. The summed E-state index contributed by atoms with van der Waals surface area (Å²) in [6.45, 7) is 3.82. The zero-order valence-electron chi connectivity index (χ0n) is 12.3. The van der Waals surface area contributed by atoms with Crippen LogP contribution in [0.3, 0.4) is 0 Å². The molecule has 0 radical (unpaired) electrons. The molecule has 1 unspecified atom stereocenters. The van der Waals surface area contributed by atoms with Gasteiger partial charge in [0.1, 0.15) is 6.04 Å². The SMILES string of the molecule is CC(C)C(Nc1ccc2c(c1)Cc1ccccc1-2)C(=O)O. The van der Waals surface area contributed by atoms with E-state index in [9.17, 15) is 9.90 Å². The number of nitrogens with one attached hydrogen (secondary N) is 1. The molecule has 1 aliphatic carbocycles. The molecule has 0 fully saturated rings. The minimum Gasteiger partial charge on any atom is -0.480 e. The summed E-state index contributed by atoms with van der Waals surface area (Å²) in [7, 11) is 0. The van der Waals surface area contributed by atoms with Gasteiger partial charge in [-0.1, -0.05) is 44.2 Å². The van der Waals surface area contributed by atoms with Gasteiger partial charge >= 0.3 is 5.97 Å². The van der Waals surface area contributed by atoms with Crippen LogP contribution < -0.4 is 5.32 Å². The van der Waals surface area contributed by atoms with E-state index in [1.807, 2.05) is 19.9 Å². The highest BCUT2D eigenvalue weighted by Gasteiger charge is 2.22. The Balaban J connectivity index is 1.89. The second kappa shape index (κ2) is 5.24. The predicted molar refractivity (Wildman–Crippen MR) is 84.6 cm³/mol. The van der Waals surface area contributed by atoms with E-state index in [-0.39, 0.29) is 5.92 Å². The number of carboxylic acid groups (broad SMARTS) is 1. The summed E-state index contributed by atoms with van der Waals surface area (Å²) < 4.78 is 0. The van der Waals surface area contributed by atoms with Crippen LogP contribution in [0.4, 0.5) is 5.69 Å². The van der Waals surface area contributed by atoms with Gasteiger partial charge in [0.15, 0.2) is 0 Å². The van der Waals surface area contributed by atoms with E-state index in [0.717, 1.165) is 12.1 Å². The lowest BCUT2D eigenvalue weighted by atomic mass is 10.0. The van der Waals surface area contributed by atoms with Crippen molar-refractivity contribution in [2.24, 2.45) is 5.92 Å². The summed E-state index contributed by atoms with van der Waals surface area (Å²) in [5, 5.41) is 12.4. The van der Waals surface area contributed by atoms with Crippen molar-refractivity contribution in [1.29, 1.82) is 0 Å².